The molecule has 11 nitrogen and oxygen atoms in total. The number of carbonyl (C=O) groups excluding carboxylic acids is 2. The van der Waals surface area contributed by atoms with Gasteiger partial charge < -0.3 is 39.4 Å². The van der Waals surface area contributed by atoms with Crippen LogP contribution in [0.3, 0.4) is 0 Å². The van der Waals surface area contributed by atoms with Crippen molar-refractivity contribution < 1.29 is 53.8 Å². The topological polar surface area (TPSA) is 169 Å². The molecule has 1 aliphatic rings. The maximum absolute atomic E-state index is 12.8. The Kier molecular flexibility index (Phi) is 42.1. The van der Waals surface area contributed by atoms with Gasteiger partial charge in [0, 0.05) is 12.8 Å². The van der Waals surface area contributed by atoms with Gasteiger partial charge in [-0.2, -0.15) is 0 Å². The number of ether oxygens (including phenoxy) is 4. The van der Waals surface area contributed by atoms with E-state index in [4.69, 9.17) is 18.9 Å². The van der Waals surface area contributed by atoms with E-state index in [0.29, 0.717) is 12.8 Å². The average molecular weight is 927 g/mol. The Bertz CT molecular complexity index is 1090. The number of unbranched alkanes of at least 4 members (excludes halogenated alkanes) is 37. The van der Waals surface area contributed by atoms with Crippen molar-refractivity contribution in [1.82, 2.24) is 0 Å². The van der Waals surface area contributed by atoms with Crippen molar-refractivity contribution in [3.8, 4) is 0 Å². The molecule has 11 heteroatoms. The number of esters is 2. The molecule has 6 atom stereocenters. The van der Waals surface area contributed by atoms with Gasteiger partial charge in [-0.1, -0.05) is 251 Å². The van der Waals surface area contributed by atoms with Crippen LogP contribution in [0.25, 0.3) is 0 Å². The average Bonchev–Trinajstić information content (AvgIpc) is 3.29. The van der Waals surface area contributed by atoms with Crippen LogP contribution in [0.5, 0.6) is 0 Å². The number of hydrogen-bond donors (Lipinski definition) is 4. The third-order valence-electron chi connectivity index (χ3n) is 13.2. The van der Waals surface area contributed by atoms with Crippen molar-refractivity contribution >= 4 is 17.9 Å². The predicted molar refractivity (Wildman–Crippen MR) is 262 cm³/mol. The predicted octanol–water partition coefficient (Wildman–Crippen LogP) is 13.4. The fraction of sp³-hybridized carbons (Fsp3) is 0.944. The van der Waals surface area contributed by atoms with E-state index in [2.05, 4.69) is 13.8 Å². The number of rotatable bonds is 48. The molecule has 0 aromatic carbocycles. The summed E-state index contributed by atoms with van der Waals surface area (Å²) in [5.74, 6) is -2.41. The molecule has 384 valence electrons. The van der Waals surface area contributed by atoms with Gasteiger partial charge in [-0.3, -0.25) is 9.59 Å². The summed E-state index contributed by atoms with van der Waals surface area (Å²) in [6, 6.07) is 0. The van der Waals surface area contributed by atoms with Crippen molar-refractivity contribution in [2.24, 2.45) is 0 Å². The van der Waals surface area contributed by atoms with Gasteiger partial charge >= 0.3 is 17.9 Å². The maximum atomic E-state index is 12.8. The van der Waals surface area contributed by atoms with E-state index in [1.165, 1.54) is 199 Å². The van der Waals surface area contributed by atoms with Gasteiger partial charge in [-0.05, 0) is 12.8 Å². The van der Waals surface area contributed by atoms with Gasteiger partial charge in [0.05, 0.1) is 6.61 Å². The molecule has 0 radical (unpaired) electrons. The Labute approximate surface area is 397 Å². The summed E-state index contributed by atoms with van der Waals surface area (Å²) in [5, 5.41) is 40.0. The first-order valence-corrected chi connectivity index (χ1v) is 27.6. The zero-order valence-electron chi connectivity index (χ0n) is 42.0. The molecule has 1 aliphatic heterocycles. The minimum atomic E-state index is -1.86. The molecule has 0 aromatic heterocycles. The summed E-state index contributed by atoms with van der Waals surface area (Å²) in [5.41, 5.74) is 0. The van der Waals surface area contributed by atoms with Crippen molar-refractivity contribution in [2.75, 3.05) is 13.2 Å². The SMILES string of the molecule is CCCCCCCCCCCCCCCCCCCCCCCCCCC(=O)OCC(COC1OC(C(=O)O)C(O)C(O)C1O)OC(=O)CCCCCCCCCCCCCCCCC. The molecule has 1 rings (SSSR count). The van der Waals surface area contributed by atoms with Gasteiger partial charge in [0.1, 0.15) is 24.9 Å². The third-order valence-corrected chi connectivity index (χ3v) is 13.2. The van der Waals surface area contributed by atoms with Crippen LogP contribution in [0.4, 0.5) is 0 Å². The van der Waals surface area contributed by atoms with Crippen molar-refractivity contribution in [3.05, 3.63) is 0 Å². The number of aliphatic carboxylic acids is 1. The van der Waals surface area contributed by atoms with Gasteiger partial charge in [-0.25, -0.2) is 4.79 Å². The first-order chi connectivity index (χ1) is 31.7. The largest absolute Gasteiger partial charge is 0.479 e. The molecule has 0 saturated carbocycles. The number of aliphatic hydroxyl groups excluding tert-OH is 3. The van der Waals surface area contributed by atoms with Crippen LogP contribution >= 0.6 is 0 Å². The van der Waals surface area contributed by atoms with Crippen LogP contribution in [-0.2, 0) is 33.3 Å². The second-order valence-electron chi connectivity index (χ2n) is 19.4. The smallest absolute Gasteiger partial charge is 0.335 e. The van der Waals surface area contributed by atoms with E-state index in [1.807, 2.05) is 0 Å². The van der Waals surface area contributed by atoms with Crippen molar-refractivity contribution in [3.63, 3.8) is 0 Å². The van der Waals surface area contributed by atoms with Crippen LogP contribution in [0.2, 0.25) is 0 Å². The molecule has 0 spiro atoms. The highest BCUT2D eigenvalue weighted by atomic mass is 16.7. The zero-order valence-corrected chi connectivity index (χ0v) is 42.0. The summed E-state index contributed by atoms with van der Waals surface area (Å²) < 4.78 is 21.9. The molecular weight excluding hydrogens is 825 g/mol. The Morgan fingerprint density at radius 2 is 0.723 bits per heavy atom. The van der Waals surface area contributed by atoms with E-state index >= 15 is 0 Å². The van der Waals surface area contributed by atoms with Crippen LogP contribution < -0.4 is 0 Å². The molecular formula is C54H102O11. The van der Waals surface area contributed by atoms with E-state index < -0.39 is 54.7 Å². The molecule has 65 heavy (non-hydrogen) atoms. The van der Waals surface area contributed by atoms with Crippen LogP contribution in [0, 0.1) is 0 Å². The Hall–Kier alpha value is -1.79. The lowest BCUT2D eigenvalue weighted by molar-refractivity contribution is -0.298. The summed E-state index contributed by atoms with van der Waals surface area (Å²) in [6.07, 6.45) is 40.2. The molecule has 1 fully saturated rings. The van der Waals surface area contributed by atoms with Crippen LogP contribution in [0.1, 0.15) is 277 Å². The van der Waals surface area contributed by atoms with Gasteiger partial charge in [0.15, 0.2) is 18.5 Å². The van der Waals surface area contributed by atoms with Gasteiger partial charge in [0.2, 0.25) is 0 Å². The van der Waals surface area contributed by atoms with Gasteiger partial charge in [-0.15, -0.1) is 0 Å². The van der Waals surface area contributed by atoms with Crippen molar-refractivity contribution in [2.45, 2.75) is 314 Å². The first kappa shape index (κ1) is 61.2. The van der Waals surface area contributed by atoms with E-state index in [0.717, 1.165) is 38.5 Å². The summed E-state index contributed by atoms with van der Waals surface area (Å²) in [7, 11) is 0. The monoisotopic (exact) mass is 927 g/mol. The Morgan fingerprint density at radius 3 is 1.05 bits per heavy atom. The second kappa shape index (κ2) is 44.7. The fourth-order valence-electron chi connectivity index (χ4n) is 8.88. The molecule has 0 amide bonds. The minimum absolute atomic E-state index is 0.191. The summed E-state index contributed by atoms with van der Waals surface area (Å²) in [6.45, 7) is 3.87. The molecule has 6 unspecified atom stereocenters. The quantitative estimate of drug-likeness (QED) is 0.0338. The second-order valence-corrected chi connectivity index (χ2v) is 19.4. The summed E-state index contributed by atoms with van der Waals surface area (Å²) >= 11 is 0. The third kappa shape index (κ3) is 35.9. The Morgan fingerprint density at radius 1 is 0.415 bits per heavy atom. The van der Waals surface area contributed by atoms with E-state index in [9.17, 15) is 34.8 Å². The molecule has 4 N–H and O–H groups in total. The van der Waals surface area contributed by atoms with Crippen LogP contribution in [0.15, 0.2) is 0 Å². The highest BCUT2D eigenvalue weighted by Gasteiger charge is 2.47. The zero-order chi connectivity index (χ0) is 47.4. The standard InChI is InChI=1S/C54H102O11/c1-3-5-7-9-11-13-15-17-19-20-21-22-23-24-25-26-27-29-30-32-34-36-38-40-42-47(55)62-44-46(45-63-54-51(59)49(57)50(58)52(65-54)53(60)61)64-48(56)43-41-39-37-35-33-31-28-18-16-14-12-10-8-6-4-2/h46,49-52,54,57-59H,3-45H2,1-2H3,(H,60,61). The van der Waals surface area contributed by atoms with Gasteiger partial charge in [0.25, 0.3) is 0 Å². The van der Waals surface area contributed by atoms with E-state index in [-0.39, 0.29) is 26.1 Å². The highest BCUT2D eigenvalue weighted by Crippen LogP contribution is 2.23. The number of carbonyl (C=O) groups is 3. The van der Waals surface area contributed by atoms with Crippen molar-refractivity contribution in [1.29, 1.82) is 0 Å². The lowest BCUT2D eigenvalue weighted by atomic mass is 9.99. The number of aliphatic hydroxyl groups is 3. The molecule has 0 aromatic rings. The molecule has 0 bridgehead atoms. The minimum Gasteiger partial charge on any atom is -0.479 e. The number of carboxylic acid groups (broad SMARTS) is 1. The molecule has 1 heterocycles. The normalized spacial score (nSPS) is 19.1. The number of hydrogen-bond acceptors (Lipinski definition) is 10. The lowest BCUT2D eigenvalue weighted by Crippen LogP contribution is -2.60. The number of carboxylic acids is 1. The fourth-order valence-corrected chi connectivity index (χ4v) is 8.88. The maximum Gasteiger partial charge on any atom is 0.335 e. The molecule has 1 saturated heterocycles. The molecule has 0 aliphatic carbocycles. The lowest BCUT2D eigenvalue weighted by Gasteiger charge is -2.38. The van der Waals surface area contributed by atoms with E-state index in [1.54, 1.807) is 0 Å². The highest BCUT2D eigenvalue weighted by molar-refractivity contribution is 5.73. The van der Waals surface area contributed by atoms with Crippen LogP contribution in [-0.4, -0.2) is 88.4 Å². The summed E-state index contributed by atoms with van der Waals surface area (Å²) in [4.78, 5) is 37.0. The first-order valence-electron chi connectivity index (χ1n) is 27.6. The Balaban J connectivity index is 2.21.